The molecule has 4 nitrogen and oxygen atoms in total. The Hall–Kier alpha value is -1.91. The molecule has 1 aromatic heterocycles. The highest BCUT2D eigenvalue weighted by Crippen LogP contribution is 2.31. The van der Waals surface area contributed by atoms with Crippen LogP contribution in [0.3, 0.4) is 0 Å². The second kappa shape index (κ2) is 5.13. The van der Waals surface area contributed by atoms with Crippen molar-refractivity contribution in [2.75, 3.05) is 20.3 Å². The van der Waals surface area contributed by atoms with Gasteiger partial charge in [-0.05, 0) is 31.2 Å². The highest BCUT2D eigenvalue weighted by Gasteiger charge is 2.32. The molecule has 3 heterocycles. The average molecular weight is 281 g/mol. The van der Waals surface area contributed by atoms with Crippen LogP contribution in [0.1, 0.15) is 12.0 Å². The molecule has 2 aromatic rings. The van der Waals surface area contributed by atoms with Gasteiger partial charge in [0.05, 0.1) is 31.1 Å². The van der Waals surface area contributed by atoms with Gasteiger partial charge in [0.15, 0.2) is 0 Å². The van der Waals surface area contributed by atoms with E-state index in [1.165, 1.54) is 11.1 Å². The first kappa shape index (κ1) is 12.8. The van der Waals surface area contributed by atoms with Crippen LogP contribution in [0.4, 0.5) is 0 Å². The Morgan fingerprint density at radius 1 is 1.19 bits per heavy atom. The van der Waals surface area contributed by atoms with E-state index in [4.69, 9.17) is 4.74 Å². The predicted octanol–water partition coefficient (Wildman–Crippen LogP) is 2.36. The van der Waals surface area contributed by atoms with Crippen LogP contribution >= 0.6 is 0 Å². The van der Waals surface area contributed by atoms with Crippen molar-refractivity contribution in [1.29, 1.82) is 0 Å². The van der Waals surface area contributed by atoms with E-state index >= 15 is 0 Å². The van der Waals surface area contributed by atoms with Gasteiger partial charge in [-0.15, -0.1) is 0 Å². The van der Waals surface area contributed by atoms with E-state index in [1.54, 1.807) is 0 Å². The first-order valence-corrected chi connectivity index (χ1v) is 7.42. The summed E-state index contributed by atoms with van der Waals surface area (Å²) in [6.07, 6.45) is 7.47. The predicted molar refractivity (Wildman–Crippen MR) is 82.3 cm³/mol. The normalized spacial score (nSPS) is 25.7. The van der Waals surface area contributed by atoms with E-state index in [-0.39, 0.29) is 0 Å². The van der Waals surface area contributed by atoms with Crippen molar-refractivity contribution in [3.8, 4) is 5.69 Å². The number of para-hydroxylation sites is 1. The molecule has 2 aliphatic heterocycles. The molecule has 2 unspecified atom stereocenters. The number of morpholine rings is 1. The Labute approximate surface area is 124 Å². The van der Waals surface area contributed by atoms with Gasteiger partial charge in [-0.1, -0.05) is 24.3 Å². The number of aromatic nitrogens is 2. The Morgan fingerprint density at radius 2 is 2.05 bits per heavy atom. The third kappa shape index (κ3) is 2.30. The lowest BCUT2D eigenvalue weighted by molar-refractivity contribution is -0.0221. The maximum atomic E-state index is 5.66. The summed E-state index contributed by atoms with van der Waals surface area (Å²) >= 11 is 0. The lowest BCUT2D eigenvalue weighted by Crippen LogP contribution is -2.51. The van der Waals surface area contributed by atoms with Gasteiger partial charge in [-0.2, -0.15) is 5.10 Å². The van der Waals surface area contributed by atoms with Crippen molar-refractivity contribution in [1.82, 2.24) is 14.7 Å². The Balaban J connectivity index is 1.64. The van der Waals surface area contributed by atoms with Crippen LogP contribution in [-0.4, -0.2) is 47.0 Å². The van der Waals surface area contributed by atoms with Crippen LogP contribution in [0.5, 0.6) is 0 Å². The van der Waals surface area contributed by atoms with Crippen molar-refractivity contribution >= 4 is 5.57 Å². The minimum absolute atomic E-state index is 0.396. The van der Waals surface area contributed by atoms with Gasteiger partial charge in [0, 0.05) is 17.8 Å². The molecule has 0 spiro atoms. The third-order valence-corrected chi connectivity index (χ3v) is 4.52. The Morgan fingerprint density at radius 3 is 2.86 bits per heavy atom. The van der Waals surface area contributed by atoms with Crippen LogP contribution in [0.25, 0.3) is 11.3 Å². The van der Waals surface area contributed by atoms with Crippen LogP contribution in [0.15, 0.2) is 48.8 Å². The summed E-state index contributed by atoms with van der Waals surface area (Å²) < 4.78 is 7.60. The maximum absolute atomic E-state index is 5.66. The SMILES string of the molecule is CN1C2C=C(c3cnn(-c4ccccc4)c3)CC1COC2. The van der Waals surface area contributed by atoms with E-state index in [0.29, 0.717) is 12.1 Å². The zero-order valence-electron chi connectivity index (χ0n) is 12.1. The summed E-state index contributed by atoms with van der Waals surface area (Å²) in [5.74, 6) is 0. The number of nitrogens with zero attached hydrogens (tertiary/aromatic N) is 3. The van der Waals surface area contributed by atoms with Crippen molar-refractivity contribution in [3.05, 3.63) is 54.4 Å². The maximum Gasteiger partial charge on any atom is 0.0658 e. The molecule has 0 N–H and O–H groups in total. The molecule has 4 rings (SSSR count). The van der Waals surface area contributed by atoms with Crippen molar-refractivity contribution in [2.45, 2.75) is 18.5 Å². The topological polar surface area (TPSA) is 30.3 Å². The van der Waals surface area contributed by atoms with Crippen LogP contribution < -0.4 is 0 Å². The zero-order valence-corrected chi connectivity index (χ0v) is 12.1. The van der Waals surface area contributed by atoms with Gasteiger partial charge >= 0.3 is 0 Å². The molecule has 2 bridgehead atoms. The average Bonchev–Trinajstić information content (AvgIpc) is 2.98. The van der Waals surface area contributed by atoms with E-state index < -0.39 is 0 Å². The number of benzene rings is 1. The van der Waals surface area contributed by atoms with Crippen molar-refractivity contribution in [2.24, 2.45) is 0 Å². The van der Waals surface area contributed by atoms with Gasteiger partial charge in [0.1, 0.15) is 0 Å². The molecule has 1 aromatic carbocycles. The number of likely N-dealkylation sites (N-methyl/N-ethyl adjacent to an activating group) is 1. The van der Waals surface area contributed by atoms with Gasteiger partial charge in [0.2, 0.25) is 0 Å². The fourth-order valence-corrected chi connectivity index (χ4v) is 3.18. The lowest BCUT2D eigenvalue weighted by atomic mass is 9.92. The molecule has 0 amide bonds. The third-order valence-electron chi connectivity index (χ3n) is 4.52. The summed E-state index contributed by atoms with van der Waals surface area (Å²) in [5, 5.41) is 4.51. The second-order valence-corrected chi connectivity index (χ2v) is 5.83. The van der Waals surface area contributed by atoms with Crippen molar-refractivity contribution < 1.29 is 4.74 Å². The monoisotopic (exact) mass is 281 g/mol. The number of fused-ring (bicyclic) bond motifs is 2. The molecule has 4 heteroatoms. The minimum Gasteiger partial charge on any atom is -0.378 e. The van der Waals surface area contributed by atoms with Gasteiger partial charge in [-0.25, -0.2) is 4.68 Å². The first-order chi connectivity index (χ1) is 10.3. The number of rotatable bonds is 2. The lowest BCUT2D eigenvalue weighted by Gasteiger charge is -2.42. The molecular weight excluding hydrogens is 262 g/mol. The summed E-state index contributed by atoms with van der Waals surface area (Å²) in [5.41, 5.74) is 3.72. The highest BCUT2D eigenvalue weighted by molar-refractivity contribution is 5.67. The number of hydrogen-bond acceptors (Lipinski definition) is 3. The summed E-state index contributed by atoms with van der Waals surface area (Å²) in [7, 11) is 2.19. The fraction of sp³-hybridized carbons (Fsp3) is 0.353. The number of hydrogen-bond donors (Lipinski definition) is 0. The molecule has 0 radical (unpaired) electrons. The smallest absolute Gasteiger partial charge is 0.0658 e. The van der Waals surface area contributed by atoms with Crippen LogP contribution in [0.2, 0.25) is 0 Å². The fourth-order valence-electron chi connectivity index (χ4n) is 3.18. The van der Waals surface area contributed by atoms with E-state index in [2.05, 4.69) is 41.5 Å². The molecule has 2 aliphatic rings. The Bertz CT molecular complexity index is 662. The van der Waals surface area contributed by atoms with E-state index in [9.17, 15) is 0 Å². The summed E-state index contributed by atoms with van der Waals surface area (Å²) in [6, 6.07) is 11.1. The highest BCUT2D eigenvalue weighted by atomic mass is 16.5. The standard InChI is InChI=1S/C17H19N3O/c1-19-16-7-13(8-17(19)12-21-11-16)14-9-18-20(10-14)15-5-3-2-4-6-15/h2-7,9-10,16-17H,8,11-12H2,1H3. The van der Waals surface area contributed by atoms with E-state index in [1.807, 2.05) is 29.1 Å². The summed E-state index contributed by atoms with van der Waals surface area (Å²) in [6.45, 7) is 1.63. The summed E-state index contributed by atoms with van der Waals surface area (Å²) in [4.78, 5) is 2.43. The first-order valence-electron chi connectivity index (χ1n) is 7.42. The number of ether oxygens (including phenoxy) is 1. The van der Waals surface area contributed by atoms with Crippen LogP contribution in [0, 0.1) is 0 Å². The van der Waals surface area contributed by atoms with Crippen LogP contribution in [-0.2, 0) is 4.74 Å². The van der Waals surface area contributed by atoms with Gasteiger partial charge in [-0.3, -0.25) is 4.90 Å². The molecule has 0 saturated carbocycles. The minimum atomic E-state index is 0.396. The largest absolute Gasteiger partial charge is 0.378 e. The van der Waals surface area contributed by atoms with Crippen molar-refractivity contribution in [3.63, 3.8) is 0 Å². The van der Waals surface area contributed by atoms with Gasteiger partial charge in [0.25, 0.3) is 0 Å². The quantitative estimate of drug-likeness (QED) is 0.846. The zero-order chi connectivity index (χ0) is 14.2. The Kier molecular flexibility index (Phi) is 3.13. The molecule has 1 fully saturated rings. The molecule has 21 heavy (non-hydrogen) atoms. The molecule has 2 atom stereocenters. The van der Waals surface area contributed by atoms with Gasteiger partial charge < -0.3 is 4.74 Å². The molecule has 1 saturated heterocycles. The molecular formula is C17H19N3O. The second-order valence-electron chi connectivity index (χ2n) is 5.83. The molecule has 0 aliphatic carbocycles. The molecule has 108 valence electrons. The van der Waals surface area contributed by atoms with E-state index in [0.717, 1.165) is 25.3 Å².